The predicted octanol–water partition coefficient (Wildman–Crippen LogP) is 5.12. The molecule has 2 N–H and O–H groups in total. The van der Waals surface area contributed by atoms with Crippen LogP contribution in [-0.4, -0.2) is 24.0 Å². The van der Waals surface area contributed by atoms with Gasteiger partial charge >= 0.3 is 0 Å². The highest BCUT2D eigenvalue weighted by molar-refractivity contribution is 6.02. The number of amides is 2. The Labute approximate surface area is 188 Å². The number of benzene rings is 3. The van der Waals surface area contributed by atoms with E-state index in [4.69, 9.17) is 9.47 Å². The molecule has 0 saturated heterocycles. The zero-order chi connectivity index (χ0) is 23.1. The average molecular weight is 433 g/mol. The normalized spacial score (nSPS) is 12.4. The molecule has 3 aromatic rings. The lowest BCUT2D eigenvalue weighted by Crippen LogP contribution is -2.32. The van der Waals surface area contributed by atoms with Crippen LogP contribution in [0.2, 0.25) is 0 Å². The third kappa shape index (κ3) is 5.88. The molecule has 0 fully saturated rings. The highest BCUT2D eigenvalue weighted by atomic mass is 16.5. The molecule has 0 aromatic heterocycles. The minimum Gasteiger partial charge on any atom is -0.481 e. The van der Waals surface area contributed by atoms with Gasteiger partial charge < -0.3 is 20.1 Å². The van der Waals surface area contributed by atoms with E-state index in [1.165, 1.54) is 0 Å². The number of carbonyl (C=O) groups excluding carboxylic acids is 2. The Morgan fingerprint density at radius 1 is 0.625 bits per heavy atom. The fourth-order valence-electron chi connectivity index (χ4n) is 3.04. The molecule has 32 heavy (non-hydrogen) atoms. The first-order valence-electron chi connectivity index (χ1n) is 10.5. The van der Waals surface area contributed by atoms with Crippen LogP contribution < -0.4 is 20.1 Å². The molecule has 3 rings (SSSR count). The molecule has 2 atom stereocenters. The molecule has 0 aliphatic carbocycles. The van der Waals surface area contributed by atoms with Crippen molar-refractivity contribution in [1.82, 2.24) is 0 Å². The Balaban J connectivity index is 1.65. The van der Waals surface area contributed by atoms with Gasteiger partial charge in [0, 0.05) is 0 Å². The predicted molar refractivity (Wildman–Crippen MR) is 126 cm³/mol. The van der Waals surface area contributed by atoms with Crippen molar-refractivity contribution in [2.24, 2.45) is 0 Å². The van der Waals surface area contributed by atoms with Crippen LogP contribution in [0.25, 0.3) is 0 Å². The van der Waals surface area contributed by atoms with Crippen molar-refractivity contribution in [3.05, 3.63) is 83.9 Å². The summed E-state index contributed by atoms with van der Waals surface area (Å²) in [5, 5.41) is 5.67. The van der Waals surface area contributed by atoms with Crippen molar-refractivity contribution in [2.75, 3.05) is 10.6 Å². The number of rotatable bonds is 8. The summed E-state index contributed by atoms with van der Waals surface area (Å²) in [6.45, 7) is 7.21. The van der Waals surface area contributed by atoms with Crippen LogP contribution in [0.4, 0.5) is 11.4 Å². The van der Waals surface area contributed by atoms with Crippen LogP contribution in [0.3, 0.4) is 0 Å². The van der Waals surface area contributed by atoms with Gasteiger partial charge in [0.2, 0.25) is 0 Å². The SMILES string of the molecule is Cc1ccccc1O[C@@H](C)C(=O)Nc1ccccc1NC(=O)[C@@H](C)Oc1ccccc1C. The number of carbonyl (C=O) groups is 2. The first-order valence-corrected chi connectivity index (χ1v) is 10.5. The van der Waals surface area contributed by atoms with Crippen LogP contribution in [0.5, 0.6) is 11.5 Å². The summed E-state index contributed by atoms with van der Waals surface area (Å²) in [7, 11) is 0. The number of hydrogen-bond acceptors (Lipinski definition) is 4. The first-order chi connectivity index (χ1) is 15.3. The molecule has 0 aliphatic rings. The largest absolute Gasteiger partial charge is 0.481 e. The van der Waals surface area contributed by atoms with E-state index in [1.807, 2.05) is 62.4 Å². The van der Waals surface area contributed by atoms with E-state index in [0.717, 1.165) is 11.1 Å². The maximum Gasteiger partial charge on any atom is 0.265 e. The van der Waals surface area contributed by atoms with Gasteiger partial charge in [0.05, 0.1) is 11.4 Å². The molecule has 0 bridgehead atoms. The maximum atomic E-state index is 12.7. The Morgan fingerprint density at radius 3 is 1.34 bits per heavy atom. The van der Waals surface area contributed by atoms with Crippen LogP contribution in [-0.2, 0) is 9.59 Å². The molecule has 6 heteroatoms. The molecular weight excluding hydrogens is 404 g/mol. The Bertz CT molecular complexity index is 1010. The number of ether oxygens (including phenoxy) is 2. The molecule has 6 nitrogen and oxygen atoms in total. The number of anilines is 2. The molecule has 0 radical (unpaired) electrons. The number of nitrogens with one attached hydrogen (secondary N) is 2. The number of hydrogen-bond donors (Lipinski definition) is 2. The quantitative estimate of drug-likeness (QED) is 0.518. The molecule has 166 valence electrons. The van der Waals surface area contributed by atoms with Crippen LogP contribution in [0.1, 0.15) is 25.0 Å². The van der Waals surface area contributed by atoms with Gasteiger partial charge in [-0.2, -0.15) is 0 Å². The Hall–Kier alpha value is -3.80. The van der Waals surface area contributed by atoms with Gasteiger partial charge in [0.25, 0.3) is 11.8 Å². The van der Waals surface area contributed by atoms with Gasteiger partial charge in [-0.15, -0.1) is 0 Å². The second-order valence-corrected chi connectivity index (χ2v) is 7.58. The Morgan fingerprint density at radius 2 is 0.969 bits per heavy atom. The van der Waals surface area contributed by atoms with E-state index in [1.54, 1.807) is 38.1 Å². The van der Waals surface area contributed by atoms with Gasteiger partial charge in [-0.3, -0.25) is 9.59 Å². The van der Waals surface area contributed by atoms with Crippen LogP contribution >= 0.6 is 0 Å². The smallest absolute Gasteiger partial charge is 0.265 e. The average Bonchev–Trinajstić information content (AvgIpc) is 2.78. The van der Waals surface area contributed by atoms with Crippen molar-refractivity contribution < 1.29 is 19.1 Å². The molecule has 3 aromatic carbocycles. The summed E-state index contributed by atoms with van der Waals surface area (Å²) in [6, 6.07) is 22.0. The fraction of sp³-hybridized carbons (Fsp3) is 0.231. The van der Waals surface area contributed by atoms with E-state index >= 15 is 0 Å². The molecule has 0 aliphatic heterocycles. The van der Waals surface area contributed by atoms with Crippen molar-refractivity contribution in [3.63, 3.8) is 0 Å². The lowest BCUT2D eigenvalue weighted by Gasteiger charge is -2.19. The highest BCUT2D eigenvalue weighted by Gasteiger charge is 2.20. The second kappa shape index (κ2) is 10.5. The van der Waals surface area contributed by atoms with Gasteiger partial charge in [-0.05, 0) is 63.1 Å². The third-order valence-corrected chi connectivity index (χ3v) is 4.98. The van der Waals surface area contributed by atoms with Crippen molar-refractivity contribution in [2.45, 2.75) is 39.9 Å². The molecule has 0 heterocycles. The third-order valence-electron chi connectivity index (χ3n) is 4.98. The van der Waals surface area contributed by atoms with E-state index in [2.05, 4.69) is 10.6 Å². The van der Waals surface area contributed by atoms with Gasteiger partial charge in [0.15, 0.2) is 12.2 Å². The minimum atomic E-state index is -0.719. The minimum absolute atomic E-state index is 0.320. The summed E-state index contributed by atoms with van der Waals surface area (Å²) in [6.07, 6.45) is -1.44. The number of para-hydroxylation sites is 4. The first kappa shape index (κ1) is 22.9. The monoisotopic (exact) mass is 432 g/mol. The lowest BCUT2D eigenvalue weighted by molar-refractivity contribution is -0.122. The summed E-state index contributed by atoms with van der Waals surface area (Å²) in [4.78, 5) is 25.4. The van der Waals surface area contributed by atoms with Crippen molar-refractivity contribution >= 4 is 23.2 Å². The zero-order valence-electron chi connectivity index (χ0n) is 18.7. The van der Waals surface area contributed by atoms with E-state index < -0.39 is 12.2 Å². The van der Waals surface area contributed by atoms with Crippen molar-refractivity contribution in [1.29, 1.82) is 0 Å². The van der Waals surface area contributed by atoms with Crippen LogP contribution in [0, 0.1) is 13.8 Å². The molecule has 0 spiro atoms. The maximum absolute atomic E-state index is 12.7. The highest BCUT2D eigenvalue weighted by Crippen LogP contribution is 2.24. The molecule has 2 amide bonds. The van der Waals surface area contributed by atoms with Gasteiger partial charge in [-0.25, -0.2) is 0 Å². The van der Waals surface area contributed by atoms with E-state index in [9.17, 15) is 9.59 Å². The molecule has 0 unspecified atom stereocenters. The topological polar surface area (TPSA) is 76.7 Å². The lowest BCUT2D eigenvalue weighted by atomic mass is 10.2. The molecule has 0 saturated carbocycles. The Kier molecular flexibility index (Phi) is 7.49. The second-order valence-electron chi connectivity index (χ2n) is 7.58. The standard InChI is InChI=1S/C26H28N2O4/c1-17-11-5-9-15-23(17)31-19(3)25(29)27-21-13-7-8-14-22(21)28-26(30)20(4)32-24-16-10-6-12-18(24)2/h5-16,19-20H,1-4H3,(H,27,29)(H,28,30)/t19-,20+. The summed E-state index contributed by atoms with van der Waals surface area (Å²) in [5.74, 6) is 0.663. The van der Waals surface area contributed by atoms with Gasteiger partial charge in [0.1, 0.15) is 11.5 Å². The zero-order valence-corrected chi connectivity index (χ0v) is 18.7. The number of aryl methyl sites for hydroxylation is 2. The summed E-state index contributed by atoms with van der Waals surface area (Å²) in [5.41, 5.74) is 2.85. The van der Waals surface area contributed by atoms with E-state index in [-0.39, 0.29) is 11.8 Å². The van der Waals surface area contributed by atoms with Crippen LogP contribution in [0.15, 0.2) is 72.8 Å². The fourth-order valence-corrected chi connectivity index (χ4v) is 3.04. The molecular formula is C26H28N2O4. The van der Waals surface area contributed by atoms with E-state index in [0.29, 0.717) is 22.9 Å². The van der Waals surface area contributed by atoms with Gasteiger partial charge in [-0.1, -0.05) is 48.5 Å². The summed E-state index contributed by atoms with van der Waals surface area (Å²) < 4.78 is 11.6. The van der Waals surface area contributed by atoms with Crippen molar-refractivity contribution in [3.8, 4) is 11.5 Å². The summed E-state index contributed by atoms with van der Waals surface area (Å²) >= 11 is 0.